The fourth-order valence-corrected chi connectivity index (χ4v) is 7.32. The predicted molar refractivity (Wildman–Crippen MR) is 123 cm³/mol. The van der Waals surface area contributed by atoms with Crippen LogP contribution >= 0.6 is 11.8 Å². The molecule has 4 aliphatic rings. The number of hydrogen-bond donors (Lipinski definition) is 1. The van der Waals surface area contributed by atoms with Crippen LogP contribution in [0.5, 0.6) is 0 Å². The van der Waals surface area contributed by atoms with E-state index < -0.39 is 0 Å². The second kappa shape index (κ2) is 8.94. The minimum Gasteiger partial charge on any atom is -0.350 e. The lowest BCUT2D eigenvalue weighted by Crippen LogP contribution is -2.60. The van der Waals surface area contributed by atoms with Crippen molar-refractivity contribution in [2.45, 2.75) is 69.7 Å². The van der Waals surface area contributed by atoms with Crippen molar-refractivity contribution < 1.29 is 9.59 Å². The highest BCUT2D eigenvalue weighted by atomic mass is 32.2. The van der Waals surface area contributed by atoms with E-state index in [-0.39, 0.29) is 17.4 Å². The molecular weight excluding hydrogens is 392 g/mol. The summed E-state index contributed by atoms with van der Waals surface area (Å²) in [6.07, 6.45) is 7.65. The van der Waals surface area contributed by atoms with Gasteiger partial charge in [0.1, 0.15) is 0 Å². The van der Waals surface area contributed by atoms with Gasteiger partial charge in [0.2, 0.25) is 5.91 Å². The first kappa shape index (κ1) is 21.7. The Hall–Kier alpha value is -1.49. The Balaban J connectivity index is 1.38. The number of amides is 2. The van der Waals surface area contributed by atoms with Crippen LogP contribution in [0.3, 0.4) is 0 Å². The Morgan fingerprint density at radius 1 is 1.10 bits per heavy atom. The molecule has 4 bridgehead atoms. The van der Waals surface area contributed by atoms with Gasteiger partial charge in [0, 0.05) is 23.5 Å². The van der Waals surface area contributed by atoms with E-state index in [1.165, 1.54) is 50.3 Å². The summed E-state index contributed by atoms with van der Waals surface area (Å²) in [5.41, 5.74) is 0.769. The van der Waals surface area contributed by atoms with Gasteiger partial charge >= 0.3 is 0 Å². The number of nitrogens with one attached hydrogen (secondary N) is 1. The second-order valence-electron chi connectivity index (χ2n) is 10.3. The van der Waals surface area contributed by atoms with E-state index >= 15 is 0 Å². The number of rotatable bonds is 8. The molecule has 30 heavy (non-hydrogen) atoms. The van der Waals surface area contributed by atoms with E-state index in [1.807, 2.05) is 36.1 Å². The summed E-state index contributed by atoms with van der Waals surface area (Å²) in [4.78, 5) is 28.8. The molecule has 0 atom stereocenters. The molecule has 0 unspecified atom stereocenters. The molecule has 0 aromatic heterocycles. The van der Waals surface area contributed by atoms with Gasteiger partial charge in [-0.15, -0.1) is 11.8 Å². The summed E-state index contributed by atoms with van der Waals surface area (Å²) >= 11 is 1.50. The third-order valence-electron chi connectivity index (χ3n) is 7.17. The first-order valence-electron chi connectivity index (χ1n) is 11.7. The molecule has 0 spiro atoms. The molecule has 4 saturated carbocycles. The maximum Gasteiger partial charge on any atom is 0.254 e. The lowest BCUT2D eigenvalue weighted by atomic mass is 9.53. The van der Waals surface area contributed by atoms with Crippen molar-refractivity contribution >= 4 is 23.6 Å². The van der Waals surface area contributed by atoms with Crippen LogP contribution in [0.4, 0.5) is 0 Å². The van der Waals surface area contributed by atoms with Crippen molar-refractivity contribution in [1.29, 1.82) is 0 Å². The van der Waals surface area contributed by atoms with E-state index in [2.05, 4.69) is 19.2 Å². The first-order valence-corrected chi connectivity index (χ1v) is 12.7. The topological polar surface area (TPSA) is 49.4 Å². The van der Waals surface area contributed by atoms with Crippen LogP contribution in [-0.4, -0.2) is 41.1 Å². The zero-order chi connectivity index (χ0) is 21.3. The van der Waals surface area contributed by atoms with Gasteiger partial charge in [-0.3, -0.25) is 9.59 Å². The Bertz CT molecular complexity index is 756. The highest BCUT2D eigenvalue weighted by molar-refractivity contribution is 8.00. The van der Waals surface area contributed by atoms with Crippen LogP contribution in [0.2, 0.25) is 0 Å². The molecule has 4 nitrogen and oxygen atoms in total. The number of hydrogen-bond acceptors (Lipinski definition) is 3. The fraction of sp³-hybridized carbons (Fsp3) is 0.680. The number of carbonyl (C=O) groups excluding carboxylic acids is 2. The average molecular weight is 429 g/mol. The summed E-state index contributed by atoms with van der Waals surface area (Å²) in [5, 5.41) is 3.45. The third-order valence-corrected chi connectivity index (χ3v) is 8.25. The van der Waals surface area contributed by atoms with E-state index in [0.717, 1.165) is 29.2 Å². The lowest BCUT2D eigenvalue weighted by molar-refractivity contribution is -0.124. The molecule has 0 saturated heterocycles. The molecule has 1 N–H and O–H groups in total. The quantitative estimate of drug-likeness (QED) is 0.594. The van der Waals surface area contributed by atoms with E-state index in [9.17, 15) is 9.59 Å². The average Bonchev–Trinajstić information content (AvgIpc) is 2.68. The molecule has 5 rings (SSSR count). The first-order chi connectivity index (χ1) is 14.4. The van der Waals surface area contributed by atoms with Crippen LogP contribution in [0.25, 0.3) is 0 Å². The minimum absolute atomic E-state index is 0.0536. The number of thioether (sulfide) groups is 1. The van der Waals surface area contributed by atoms with Crippen LogP contribution in [0.1, 0.15) is 69.7 Å². The summed E-state index contributed by atoms with van der Waals surface area (Å²) in [6, 6.07) is 7.73. The highest BCUT2D eigenvalue weighted by Crippen LogP contribution is 2.55. The molecule has 2 amide bonds. The standard InChI is InChI=1S/C25H36N2O2S/c1-4-27(15-17(2)3)24(29)21-7-5-6-8-22(21)30-16-23(28)26-25-12-18-9-19(13-25)11-20(10-18)14-25/h5-8,17-20H,4,9-16H2,1-3H3,(H,26,28). The van der Waals surface area contributed by atoms with Crippen LogP contribution in [-0.2, 0) is 4.79 Å². The van der Waals surface area contributed by atoms with Gasteiger partial charge in [0.25, 0.3) is 5.91 Å². The summed E-state index contributed by atoms with van der Waals surface area (Å²) in [7, 11) is 0. The molecule has 0 heterocycles. The fourth-order valence-electron chi connectivity index (χ4n) is 6.47. The molecule has 1 aromatic carbocycles. The molecule has 1 aromatic rings. The van der Waals surface area contributed by atoms with Gasteiger partial charge in [-0.05, 0) is 81.3 Å². The maximum atomic E-state index is 13.1. The SMILES string of the molecule is CCN(CC(C)C)C(=O)c1ccccc1SCC(=O)NC12CC3CC(CC(C3)C1)C2. The molecule has 0 aliphatic heterocycles. The predicted octanol–water partition coefficient (Wildman–Crippen LogP) is 4.98. The van der Waals surface area contributed by atoms with E-state index in [0.29, 0.717) is 23.8 Å². The van der Waals surface area contributed by atoms with Crippen molar-refractivity contribution in [3.8, 4) is 0 Å². The maximum absolute atomic E-state index is 13.1. The highest BCUT2D eigenvalue weighted by Gasteiger charge is 2.51. The Morgan fingerprint density at radius 2 is 1.70 bits per heavy atom. The van der Waals surface area contributed by atoms with Gasteiger partial charge in [0.05, 0.1) is 11.3 Å². The Morgan fingerprint density at radius 3 is 2.27 bits per heavy atom. The van der Waals surface area contributed by atoms with Gasteiger partial charge < -0.3 is 10.2 Å². The van der Waals surface area contributed by atoms with Crippen molar-refractivity contribution in [1.82, 2.24) is 10.2 Å². The van der Waals surface area contributed by atoms with Gasteiger partial charge in [-0.1, -0.05) is 26.0 Å². The van der Waals surface area contributed by atoms with Crippen molar-refractivity contribution in [2.75, 3.05) is 18.8 Å². The third kappa shape index (κ3) is 4.71. The van der Waals surface area contributed by atoms with Gasteiger partial charge in [-0.25, -0.2) is 0 Å². The second-order valence-corrected chi connectivity index (χ2v) is 11.3. The van der Waals surface area contributed by atoms with Gasteiger partial charge in [0.15, 0.2) is 0 Å². The smallest absolute Gasteiger partial charge is 0.254 e. The van der Waals surface area contributed by atoms with Crippen molar-refractivity contribution in [3.05, 3.63) is 29.8 Å². The molecule has 164 valence electrons. The zero-order valence-corrected chi connectivity index (χ0v) is 19.5. The number of nitrogens with zero attached hydrogens (tertiary/aromatic N) is 1. The van der Waals surface area contributed by atoms with Crippen LogP contribution < -0.4 is 5.32 Å². The number of benzene rings is 1. The summed E-state index contributed by atoms with van der Waals surface area (Å²) in [6.45, 7) is 7.73. The summed E-state index contributed by atoms with van der Waals surface area (Å²) in [5.74, 6) is 3.47. The Labute approximate surface area is 185 Å². The minimum atomic E-state index is 0.0536. The lowest BCUT2D eigenvalue weighted by Gasteiger charge is -2.56. The zero-order valence-electron chi connectivity index (χ0n) is 18.7. The largest absolute Gasteiger partial charge is 0.350 e. The van der Waals surface area contributed by atoms with Crippen LogP contribution in [0.15, 0.2) is 29.2 Å². The molecule has 5 heteroatoms. The van der Waals surface area contributed by atoms with Gasteiger partial charge in [-0.2, -0.15) is 0 Å². The monoisotopic (exact) mass is 428 g/mol. The van der Waals surface area contributed by atoms with Crippen molar-refractivity contribution in [3.63, 3.8) is 0 Å². The van der Waals surface area contributed by atoms with E-state index in [1.54, 1.807) is 0 Å². The molecular formula is C25H36N2O2S. The molecule has 4 fully saturated rings. The van der Waals surface area contributed by atoms with Crippen molar-refractivity contribution in [2.24, 2.45) is 23.7 Å². The molecule has 4 aliphatic carbocycles. The molecule has 0 radical (unpaired) electrons. The van der Waals surface area contributed by atoms with Crippen LogP contribution in [0, 0.1) is 23.7 Å². The normalized spacial score (nSPS) is 29.3. The number of carbonyl (C=O) groups is 2. The van der Waals surface area contributed by atoms with E-state index in [4.69, 9.17) is 0 Å². The Kier molecular flexibility index (Phi) is 6.47. The summed E-state index contributed by atoms with van der Waals surface area (Å²) < 4.78 is 0.